The summed E-state index contributed by atoms with van der Waals surface area (Å²) >= 11 is 6.49. The minimum atomic E-state index is -0.556. The molecule has 1 fully saturated rings. The summed E-state index contributed by atoms with van der Waals surface area (Å²) in [7, 11) is 1.45. The van der Waals surface area contributed by atoms with Gasteiger partial charge in [0.2, 0.25) is 0 Å². The molecule has 0 atom stereocenters. The van der Waals surface area contributed by atoms with Crippen molar-refractivity contribution in [2.75, 3.05) is 12.0 Å². The molecule has 0 saturated carbocycles. The molecule has 0 unspecified atom stereocenters. The molecule has 1 aromatic heterocycles. The number of thiocarbonyl (C=S) groups is 1. The maximum atomic E-state index is 14.1. The van der Waals surface area contributed by atoms with Crippen LogP contribution in [0.1, 0.15) is 15.2 Å². The summed E-state index contributed by atoms with van der Waals surface area (Å²) in [6.07, 6.45) is 1.56. The molecule has 2 heterocycles. The van der Waals surface area contributed by atoms with Crippen molar-refractivity contribution in [2.24, 2.45) is 0 Å². The Kier molecular flexibility index (Phi) is 5.79. The normalized spacial score (nSPS) is 14.6. The number of amides is 1. The summed E-state index contributed by atoms with van der Waals surface area (Å²) < 4.78 is 24.9. The summed E-state index contributed by atoms with van der Waals surface area (Å²) in [5.74, 6) is -0.962. The van der Waals surface area contributed by atoms with Crippen molar-refractivity contribution in [3.8, 4) is 11.5 Å². The second-order valence-corrected chi connectivity index (χ2v) is 7.69. The van der Waals surface area contributed by atoms with Crippen LogP contribution >= 0.6 is 23.6 Å². The Labute approximate surface area is 186 Å². The number of halogens is 1. The number of para-hydroxylation sites is 1. The molecule has 1 aliphatic heterocycles. The van der Waals surface area contributed by atoms with Gasteiger partial charge in [-0.1, -0.05) is 24.3 Å². The minimum Gasteiger partial charge on any atom is -0.493 e. The van der Waals surface area contributed by atoms with Gasteiger partial charge in [-0.25, -0.2) is 14.1 Å². The van der Waals surface area contributed by atoms with E-state index in [0.29, 0.717) is 16.2 Å². The van der Waals surface area contributed by atoms with Gasteiger partial charge in [-0.2, -0.15) is 0 Å². The van der Waals surface area contributed by atoms with Crippen LogP contribution in [-0.2, 0) is 4.79 Å². The fourth-order valence-electron chi connectivity index (χ4n) is 2.96. The lowest BCUT2D eigenvalue weighted by Gasteiger charge is -2.14. The smallest absolute Gasteiger partial charge is 0.353 e. The first-order valence-electron chi connectivity index (χ1n) is 9.03. The zero-order valence-corrected chi connectivity index (χ0v) is 17.8. The third-order valence-corrected chi connectivity index (χ3v) is 5.53. The fourth-order valence-corrected chi connectivity index (χ4v) is 3.85. The molecule has 1 aliphatic rings. The van der Waals surface area contributed by atoms with Gasteiger partial charge < -0.3 is 14.8 Å². The van der Waals surface area contributed by atoms with Gasteiger partial charge >= 0.3 is 5.97 Å². The van der Waals surface area contributed by atoms with Gasteiger partial charge in [-0.15, -0.1) is 11.3 Å². The highest BCUT2D eigenvalue weighted by atomic mass is 32.1. The number of thiophene rings is 1. The average Bonchev–Trinajstić information content (AvgIpc) is 3.39. The topological polar surface area (TPSA) is 67.9 Å². The Morgan fingerprint density at radius 2 is 1.97 bits per heavy atom. The molecular formula is C22H15FN2O4S2. The van der Waals surface area contributed by atoms with Gasteiger partial charge in [0.15, 0.2) is 16.6 Å². The zero-order valence-electron chi connectivity index (χ0n) is 16.1. The van der Waals surface area contributed by atoms with Crippen LogP contribution in [0.15, 0.2) is 65.7 Å². The maximum absolute atomic E-state index is 14.1. The molecule has 1 amide bonds. The number of hydrogen-bond donors (Lipinski definition) is 1. The molecule has 1 saturated heterocycles. The lowest BCUT2D eigenvalue weighted by molar-refractivity contribution is -0.113. The van der Waals surface area contributed by atoms with Gasteiger partial charge in [0.25, 0.3) is 5.91 Å². The van der Waals surface area contributed by atoms with Crippen LogP contribution in [0, 0.1) is 5.82 Å². The van der Waals surface area contributed by atoms with Crippen molar-refractivity contribution in [2.45, 2.75) is 0 Å². The van der Waals surface area contributed by atoms with Crippen LogP contribution < -0.4 is 19.7 Å². The molecule has 3 aromatic rings. The molecule has 156 valence electrons. The molecule has 6 nitrogen and oxygen atoms in total. The Hall–Kier alpha value is -3.56. The molecule has 1 N–H and O–H groups in total. The molecule has 31 heavy (non-hydrogen) atoms. The predicted molar refractivity (Wildman–Crippen MR) is 120 cm³/mol. The molecule has 0 spiro atoms. The summed E-state index contributed by atoms with van der Waals surface area (Å²) in [5.41, 5.74) is 0.849. The number of rotatable bonds is 5. The molecule has 0 radical (unpaired) electrons. The number of nitrogens with one attached hydrogen (secondary N) is 1. The highest BCUT2D eigenvalue weighted by molar-refractivity contribution is 7.80. The lowest BCUT2D eigenvalue weighted by Crippen LogP contribution is -2.31. The average molecular weight is 455 g/mol. The first-order valence-corrected chi connectivity index (χ1v) is 10.3. The van der Waals surface area contributed by atoms with E-state index in [1.54, 1.807) is 47.9 Å². The van der Waals surface area contributed by atoms with Crippen molar-refractivity contribution < 1.29 is 23.5 Å². The Morgan fingerprint density at radius 1 is 1.16 bits per heavy atom. The fraction of sp³-hybridized carbons (Fsp3) is 0.0455. The van der Waals surface area contributed by atoms with Crippen LogP contribution in [0.2, 0.25) is 0 Å². The van der Waals surface area contributed by atoms with Crippen LogP contribution in [0.3, 0.4) is 0 Å². The summed E-state index contributed by atoms with van der Waals surface area (Å²) in [6.45, 7) is 0. The third-order valence-electron chi connectivity index (χ3n) is 4.40. The highest BCUT2D eigenvalue weighted by Crippen LogP contribution is 2.31. The predicted octanol–water partition coefficient (Wildman–Crippen LogP) is 4.38. The molecule has 0 bridgehead atoms. The summed E-state index contributed by atoms with van der Waals surface area (Å²) in [5, 5.41) is 4.67. The largest absolute Gasteiger partial charge is 0.493 e. The van der Waals surface area contributed by atoms with Gasteiger partial charge in [0, 0.05) is 0 Å². The number of carbonyl (C=O) groups excluding carboxylic acids is 2. The van der Waals surface area contributed by atoms with Crippen molar-refractivity contribution >= 4 is 52.3 Å². The van der Waals surface area contributed by atoms with E-state index in [4.69, 9.17) is 21.7 Å². The Bertz CT molecular complexity index is 1210. The number of anilines is 1. The number of carbonyl (C=O) groups is 2. The highest BCUT2D eigenvalue weighted by Gasteiger charge is 2.33. The SMILES string of the molecule is COc1cc(/C=C2\NC(=S)N(c3ccccc3F)C2=O)ccc1OC(=O)c1cccs1. The molecule has 0 aliphatic carbocycles. The van der Waals surface area contributed by atoms with Crippen molar-refractivity contribution in [1.82, 2.24) is 5.32 Å². The van der Waals surface area contributed by atoms with E-state index < -0.39 is 17.7 Å². The van der Waals surface area contributed by atoms with Crippen molar-refractivity contribution in [1.29, 1.82) is 0 Å². The Morgan fingerprint density at radius 3 is 2.68 bits per heavy atom. The second kappa shape index (κ2) is 8.66. The van der Waals surface area contributed by atoms with E-state index in [1.165, 1.54) is 36.6 Å². The van der Waals surface area contributed by atoms with Crippen molar-refractivity contribution in [3.05, 3.63) is 81.9 Å². The van der Waals surface area contributed by atoms with Crippen LogP contribution in [0.25, 0.3) is 6.08 Å². The number of esters is 1. The van der Waals surface area contributed by atoms with E-state index in [1.807, 2.05) is 0 Å². The van der Waals surface area contributed by atoms with Crippen LogP contribution in [0.5, 0.6) is 11.5 Å². The van der Waals surface area contributed by atoms with E-state index in [0.717, 1.165) is 4.90 Å². The monoisotopic (exact) mass is 454 g/mol. The van der Waals surface area contributed by atoms with Crippen LogP contribution in [0.4, 0.5) is 10.1 Å². The Balaban J connectivity index is 1.59. The summed E-state index contributed by atoms with van der Waals surface area (Å²) in [4.78, 5) is 26.6. The lowest BCUT2D eigenvalue weighted by atomic mass is 10.1. The number of nitrogens with zero attached hydrogens (tertiary/aromatic N) is 1. The van der Waals surface area contributed by atoms with Crippen molar-refractivity contribution in [3.63, 3.8) is 0 Å². The van der Waals surface area contributed by atoms with E-state index >= 15 is 0 Å². The maximum Gasteiger partial charge on any atom is 0.353 e. The first kappa shape index (κ1) is 20.7. The number of ether oxygens (including phenoxy) is 2. The number of hydrogen-bond acceptors (Lipinski definition) is 6. The standard InChI is InChI=1S/C22H15FN2O4S2/c1-28-18-12-13(8-9-17(18)29-21(27)19-7-4-10-31-19)11-15-20(26)25(22(30)24-15)16-6-3-2-5-14(16)23/h2-12H,1H3,(H,24,30)/b15-11-. The van der Waals surface area contributed by atoms with Gasteiger partial charge in [-0.05, 0) is 59.6 Å². The second-order valence-electron chi connectivity index (χ2n) is 6.36. The van der Waals surface area contributed by atoms with E-state index in [9.17, 15) is 14.0 Å². The number of benzene rings is 2. The van der Waals surface area contributed by atoms with Gasteiger partial charge in [0.05, 0.1) is 12.8 Å². The quantitative estimate of drug-likeness (QED) is 0.267. The van der Waals surface area contributed by atoms with E-state index in [2.05, 4.69) is 5.32 Å². The van der Waals surface area contributed by atoms with Gasteiger partial charge in [-0.3, -0.25) is 4.79 Å². The molecule has 2 aromatic carbocycles. The van der Waals surface area contributed by atoms with Gasteiger partial charge in [0.1, 0.15) is 16.4 Å². The minimum absolute atomic E-state index is 0.0711. The molecular weight excluding hydrogens is 439 g/mol. The van der Waals surface area contributed by atoms with Crippen LogP contribution in [-0.4, -0.2) is 24.1 Å². The molecule has 4 rings (SSSR count). The van der Waals surface area contributed by atoms with E-state index in [-0.39, 0.29) is 22.2 Å². The first-order chi connectivity index (χ1) is 15.0. The number of methoxy groups -OCH3 is 1. The summed E-state index contributed by atoms with van der Waals surface area (Å²) in [6, 6.07) is 14.2. The third kappa shape index (κ3) is 4.18. The zero-order chi connectivity index (χ0) is 22.0. The molecule has 9 heteroatoms.